The van der Waals surface area contributed by atoms with Crippen molar-refractivity contribution >= 4 is 35.2 Å². The first-order valence-electron chi connectivity index (χ1n) is 14.2. The number of hydrogen-bond donors (Lipinski definition) is 0. The molecule has 0 aliphatic carbocycles. The highest BCUT2D eigenvalue weighted by molar-refractivity contribution is 6.35. The molecule has 2 aromatic carbocycles. The van der Waals surface area contributed by atoms with Crippen molar-refractivity contribution in [3.8, 4) is 5.69 Å². The molecule has 11 heteroatoms. The van der Waals surface area contributed by atoms with Gasteiger partial charge in [-0.05, 0) is 95.3 Å². The van der Waals surface area contributed by atoms with Gasteiger partial charge in [0, 0.05) is 16.6 Å². The quantitative estimate of drug-likeness (QED) is 0.312. The second kappa shape index (κ2) is 11.2. The molecule has 2 amide bonds. The summed E-state index contributed by atoms with van der Waals surface area (Å²) in [7, 11) is 0. The molecule has 2 aliphatic heterocycles. The molecule has 0 saturated carbocycles. The van der Waals surface area contributed by atoms with E-state index in [0.29, 0.717) is 46.4 Å². The van der Waals surface area contributed by atoms with E-state index in [9.17, 15) is 9.59 Å². The molecule has 1 saturated heterocycles. The van der Waals surface area contributed by atoms with E-state index in [-0.39, 0.29) is 18.6 Å². The monoisotopic (exact) mass is 613 g/mol. The van der Waals surface area contributed by atoms with Crippen LogP contribution < -0.4 is 0 Å². The van der Waals surface area contributed by atoms with Crippen molar-refractivity contribution in [2.45, 2.75) is 84.7 Å². The van der Waals surface area contributed by atoms with E-state index in [2.05, 4.69) is 17.2 Å². The van der Waals surface area contributed by atoms with Crippen LogP contribution in [0.3, 0.4) is 0 Å². The minimum Gasteiger partial charge on any atom is -0.444 e. The molecule has 3 heterocycles. The van der Waals surface area contributed by atoms with Crippen LogP contribution in [0.25, 0.3) is 5.69 Å². The molecular weight excluding hydrogens is 577 g/mol. The summed E-state index contributed by atoms with van der Waals surface area (Å²) in [6.45, 7) is 13.9. The second-order valence-electron chi connectivity index (χ2n) is 12.4. The van der Waals surface area contributed by atoms with E-state index < -0.39 is 23.5 Å². The minimum absolute atomic E-state index is 0.114. The van der Waals surface area contributed by atoms with Crippen LogP contribution in [-0.4, -0.2) is 61.3 Å². The van der Waals surface area contributed by atoms with Crippen molar-refractivity contribution in [3.05, 3.63) is 74.5 Å². The predicted molar refractivity (Wildman–Crippen MR) is 161 cm³/mol. The highest BCUT2D eigenvalue weighted by atomic mass is 35.5. The Balaban J connectivity index is 1.48. The third-order valence-electron chi connectivity index (χ3n) is 7.74. The van der Waals surface area contributed by atoms with Gasteiger partial charge in [0.05, 0.1) is 30.1 Å². The summed E-state index contributed by atoms with van der Waals surface area (Å²) in [5.74, 6) is -0.114. The maximum atomic E-state index is 14.2. The molecule has 42 heavy (non-hydrogen) atoms. The summed E-state index contributed by atoms with van der Waals surface area (Å²) in [5.41, 5.74) is 3.06. The Bertz CT molecular complexity index is 1530. The van der Waals surface area contributed by atoms with Crippen molar-refractivity contribution < 1.29 is 19.1 Å². The Morgan fingerprint density at radius 1 is 1.17 bits per heavy atom. The van der Waals surface area contributed by atoms with Crippen LogP contribution in [0.2, 0.25) is 10.0 Å². The molecule has 1 aromatic heterocycles. The molecule has 0 radical (unpaired) electrons. The fraction of sp³-hybridized carbons (Fsp3) is 0.484. The molecule has 224 valence electrons. The number of aromatic nitrogens is 3. The van der Waals surface area contributed by atoms with Crippen LogP contribution in [0.5, 0.6) is 0 Å². The van der Waals surface area contributed by atoms with Crippen LogP contribution in [0.15, 0.2) is 36.5 Å². The number of halogens is 2. The maximum Gasteiger partial charge on any atom is 0.413 e. The first-order valence-corrected chi connectivity index (χ1v) is 14.9. The van der Waals surface area contributed by atoms with Crippen molar-refractivity contribution in [2.24, 2.45) is 0 Å². The van der Waals surface area contributed by atoms with E-state index in [1.165, 1.54) is 0 Å². The zero-order valence-corrected chi connectivity index (χ0v) is 26.6. The number of rotatable bonds is 4. The summed E-state index contributed by atoms with van der Waals surface area (Å²) in [5, 5.41) is 10.0. The number of carbonyl (C=O) groups excluding carboxylic acids is 2. The van der Waals surface area contributed by atoms with Gasteiger partial charge in [-0.2, -0.15) is 0 Å². The van der Waals surface area contributed by atoms with Gasteiger partial charge < -0.3 is 14.4 Å². The average molecular weight is 615 g/mol. The fourth-order valence-corrected chi connectivity index (χ4v) is 6.42. The highest BCUT2D eigenvalue weighted by Crippen LogP contribution is 2.40. The molecule has 5 rings (SSSR count). The van der Waals surface area contributed by atoms with E-state index >= 15 is 0 Å². The number of aryl methyl sites for hydroxylation is 1. The van der Waals surface area contributed by atoms with Crippen molar-refractivity contribution in [3.63, 3.8) is 0 Å². The Morgan fingerprint density at radius 2 is 1.90 bits per heavy atom. The Labute approximate surface area is 256 Å². The number of hydrogen-bond acceptors (Lipinski definition) is 6. The van der Waals surface area contributed by atoms with Gasteiger partial charge in [0.25, 0.3) is 5.91 Å². The molecule has 2 aliphatic rings. The molecule has 0 N–H and O–H groups in total. The van der Waals surface area contributed by atoms with E-state index in [4.69, 9.17) is 32.7 Å². The zero-order valence-electron chi connectivity index (χ0n) is 25.1. The van der Waals surface area contributed by atoms with Gasteiger partial charge in [-0.25, -0.2) is 9.48 Å². The standard InChI is InChI=1S/C31H37Cl2N5O4/c1-8-25-22-14-19(32)15-23(33)20(22)11-12-36(25)28(39)21-10-9-18(2)13-26(21)37-16-24(34-35-37)27-17-41-31(6,7)38(27)29(40)42-30(3,4)5/h9-10,13-16,25,27H,8,11-12,17H2,1-7H3. The number of carbonyl (C=O) groups is 2. The van der Waals surface area contributed by atoms with E-state index in [0.717, 1.165) is 16.7 Å². The number of benzene rings is 2. The van der Waals surface area contributed by atoms with Crippen molar-refractivity contribution in [1.29, 1.82) is 0 Å². The Hall–Kier alpha value is -3.14. The molecular formula is C31H37Cl2N5O4. The normalized spacial score (nSPS) is 20.0. The average Bonchev–Trinajstić information content (AvgIpc) is 3.50. The number of ether oxygens (including phenoxy) is 2. The van der Waals surface area contributed by atoms with Gasteiger partial charge >= 0.3 is 6.09 Å². The van der Waals surface area contributed by atoms with E-state index in [1.807, 2.05) is 70.7 Å². The summed E-state index contributed by atoms with van der Waals surface area (Å²) in [4.78, 5) is 30.8. The summed E-state index contributed by atoms with van der Waals surface area (Å²) in [6, 6.07) is 8.65. The first-order chi connectivity index (χ1) is 19.7. The number of amides is 2. The lowest BCUT2D eigenvalue weighted by Crippen LogP contribution is -2.47. The lowest BCUT2D eigenvalue weighted by molar-refractivity contribution is -0.0627. The maximum absolute atomic E-state index is 14.2. The largest absolute Gasteiger partial charge is 0.444 e. The smallest absolute Gasteiger partial charge is 0.413 e. The lowest BCUT2D eigenvalue weighted by Gasteiger charge is -2.38. The molecule has 0 bridgehead atoms. The molecule has 9 nitrogen and oxygen atoms in total. The van der Waals surface area contributed by atoms with Crippen LogP contribution in [0.1, 0.15) is 92.8 Å². The summed E-state index contributed by atoms with van der Waals surface area (Å²) >= 11 is 12.9. The van der Waals surface area contributed by atoms with Crippen LogP contribution in [-0.2, 0) is 15.9 Å². The third-order valence-corrected chi connectivity index (χ3v) is 8.30. The second-order valence-corrected chi connectivity index (χ2v) is 13.2. The summed E-state index contributed by atoms with van der Waals surface area (Å²) < 4.78 is 13.2. The predicted octanol–water partition coefficient (Wildman–Crippen LogP) is 7.08. The molecule has 2 unspecified atom stereocenters. The highest BCUT2D eigenvalue weighted by Gasteiger charge is 2.47. The lowest BCUT2D eigenvalue weighted by atomic mass is 9.90. The molecule has 3 aromatic rings. The van der Waals surface area contributed by atoms with Crippen LogP contribution >= 0.6 is 23.2 Å². The van der Waals surface area contributed by atoms with Gasteiger partial charge in [-0.1, -0.05) is 41.4 Å². The molecule has 2 atom stereocenters. The van der Waals surface area contributed by atoms with Gasteiger partial charge in [-0.3, -0.25) is 9.69 Å². The van der Waals surface area contributed by atoms with Crippen molar-refractivity contribution in [2.75, 3.05) is 13.2 Å². The van der Waals surface area contributed by atoms with Gasteiger partial charge in [-0.15, -0.1) is 5.10 Å². The van der Waals surface area contributed by atoms with Crippen molar-refractivity contribution in [1.82, 2.24) is 24.8 Å². The Morgan fingerprint density at radius 3 is 2.60 bits per heavy atom. The topological polar surface area (TPSA) is 89.8 Å². The van der Waals surface area contributed by atoms with Gasteiger partial charge in [0.15, 0.2) is 0 Å². The van der Waals surface area contributed by atoms with Gasteiger partial charge in [0.1, 0.15) is 23.1 Å². The molecule has 1 fully saturated rings. The van der Waals surface area contributed by atoms with E-state index in [1.54, 1.807) is 21.8 Å². The SMILES string of the molecule is CCC1c2cc(Cl)cc(Cl)c2CCN1C(=O)c1ccc(C)cc1-n1cc(C2COC(C)(C)N2C(=O)OC(C)(C)C)nn1. The Kier molecular flexibility index (Phi) is 8.06. The molecule has 0 spiro atoms. The summed E-state index contributed by atoms with van der Waals surface area (Å²) in [6.07, 6.45) is 2.61. The number of nitrogens with zero attached hydrogens (tertiary/aromatic N) is 5. The van der Waals surface area contributed by atoms with Gasteiger partial charge in [0.2, 0.25) is 0 Å². The zero-order chi connectivity index (χ0) is 30.6. The first kappa shape index (κ1) is 30.3. The number of fused-ring (bicyclic) bond motifs is 1. The third kappa shape index (κ3) is 5.74. The van der Waals surface area contributed by atoms with Crippen LogP contribution in [0, 0.1) is 6.92 Å². The van der Waals surface area contributed by atoms with Crippen LogP contribution in [0.4, 0.5) is 4.79 Å². The fourth-order valence-electron chi connectivity index (χ4n) is 5.82. The minimum atomic E-state index is -0.896.